The van der Waals surface area contributed by atoms with Crippen molar-refractivity contribution in [1.82, 2.24) is 9.97 Å². The molecule has 2 heterocycles. The number of carbonyl (C=O) groups is 1. The third-order valence-corrected chi connectivity index (χ3v) is 3.50. The Hall–Kier alpha value is -2.66. The maximum atomic E-state index is 12.0. The average Bonchev–Trinajstić information content (AvgIpc) is 2.97. The van der Waals surface area contributed by atoms with Crippen molar-refractivity contribution in [2.45, 2.75) is 19.1 Å². The Balaban J connectivity index is 1.61. The van der Waals surface area contributed by atoms with Gasteiger partial charge in [-0.25, -0.2) is 4.98 Å². The van der Waals surface area contributed by atoms with E-state index in [1.807, 2.05) is 48.7 Å². The van der Waals surface area contributed by atoms with Gasteiger partial charge in [0.1, 0.15) is 18.3 Å². The van der Waals surface area contributed by atoms with Gasteiger partial charge in [0, 0.05) is 24.2 Å². The Morgan fingerprint density at radius 1 is 1.23 bits per heavy atom. The van der Waals surface area contributed by atoms with Crippen LogP contribution in [0.1, 0.15) is 11.1 Å². The maximum absolute atomic E-state index is 12.0. The monoisotopic (exact) mass is 295 g/mol. The number of hydrogen-bond acceptors (Lipinski definition) is 4. The highest BCUT2D eigenvalue weighted by molar-refractivity contribution is 5.81. The molecule has 3 N–H and O–H groups in total. The van der Waals surface area contributed by atoms with Crippen molar-refractivity contribution in [2.24, 2.45) is 5.73 Å². The molecule has 1 atom stereocenters. The predicted octanol–water partition coefficient (Wildman–Crippen LogP) is 2.18. The van der Waals surface area contributed by atoms with E-state index in [1.54, 1.807) is 6.20 Å². The van der Waals surface area contributed by atoms with Crippen molar-refractivity contribution in [3.8, 4) is 0 Å². The van der Waals surface area contributed by atoms with Gasteiger partial charge >= 0.3 is 5.97 Å². The molecule has 0 amide bonds. The van der Waals surface area contributed by atoms with Crippen LogP contribution in [0.15, 0.2) is 54.9 Å². The van der Waals surface area contributed by atoms with Crippen LogP contribution in [-0.2, 0) is 22.6 Å². The van der Waals surface area contributed by atoms with Gasteiger partial charge in [-0.15, -0.1) is 0 Å². The van der Waals surface area contributed by atoms with E-state index in [0.717, 1.165) is 22.2 Å². The van der Waals surface area contributed by atoms with Gasteiger partial charge in [0.25, 0.3) is 0 Å². The van der Waals surface area contributed by atoms with E-state index in [0.29, 0.717) is 6.42 Å². The first-order chi connectivity index (χ1) is 10.7. The minimum Gasteiger partial charge on any atom is -0.460 e. The summed E-state index contributed by atoms with van der Waals surface area (Å²) >= 11 is 0. The largest absolute Gasteiger partial charge is 0.460 e. The van der Waals surface area contributed by atoms with Gasteiger partial charge in [-0.2, -0.15) is 0 Å². The molecule has 0 radical (unpaired) electrons. The van der Waals surface area contributed by atoms with Crippen LogP contribution in [0, 0.1) is 0 Å². The third-order valence-electron chi connectivity index (χ3n) is 3.50. The molecule has 5 nitrogen and oxygen atoms in total. The number of H-pyrrole nitrogens is 1. The highest BCUT2D eigenvalue weighted by Gasteiger charge is 2.17. The molecule has 3 rings (SSSR count). The number of carbonyl (C=O) groups excluding carboxylic acids is 1. The van der Waals surface area contributed by atoms with Crippen molar-refractivity contribution < 1.29 is 9.53 Å². The number of hydrogen-bond donors (Lipinski definition) is 2. The molecule has 5 heteroatoms. The number of ether oxygens (including phenoxy) is 1. The van der Waals surface area contributed by atoms with E-state index >= 15 is 0 Å². The summed E-state index contributed by atoms with van der Waals surface area (Å²) in [7, 11) is 0. The number of pyridine rings is 1. The molecule has 0 aliphatic carbocycles. The van der Waals surface area contributed by atoms with Crippen LogP contribution in [0.5, 0.6) is 0 Å². The number of esters is 1. The normalized spacial score (nSPS) is 12.2. The lowest BCUT2D eigenvalue weighted by Gasteiger charge is -2.11. The lowest BCUT2D eigenvalue weighted by Crippen LogP contribution is -2.34. The van der Waals surface area contributed by atoms with Crippen LogP contribution in [0.3, 0.4) is 0 Å². The number of rotatable bonds is 5. The second kappa shape index (κ2) is 6.41. The molecule has 1 unspecified atom stereocenters. The molecule has 1 aromatic carbocycles. The molecule has 112 valence electrons. The Kier molecular flexibility index (Phi) is 4.16. The number of nitrogens with two attached hydrogens (primary N) is 1. The minimum absolute atomic E-state index is 0.239. The molecule has 0 bridgehead atoms. The standard InChI is InChI=1S/C17H17N3O2/c18-15(17(21)22-11-12-5-2-1-3-6-12)9-13-10-20-16-14(13)7-4-8-19-16/h1-8,10,15H,9,11,18H2,(H,19,20). The van der Waals surface area contributed by atoms with E-state index in [1.165, 1.54) is 0 Å². The lowest BCUT2D eigenvalue weighted by molar-refractivity contribution is -0.146. The summed E-state index contributed by atoms with van der Waals surface area (Å²) in [5, 5.41) is 0.980. The number of fused-ring (bicyclic) bond motifs is 1. The van der Waals surface area contributed by atoms with Crippen LogP contribution in [-0.4, -0.2) is 22.0 Å². The van der Waals surface area contributed by atoms with Crippen molar-refractivity contribution in [2.75, 3.05) is 0 Å². The number of aromatic amines is 1. The fourth-order valence-electron chi connectivity index (χ4n) is 2.34. The second-order valence-corrected chi connectivity index (χ2v) is 5.12. The van der Waals surface area contributed by atoms with E-state index in [2.05, 4.69) is 9.97 Å². The highest BCUT2D eigenvalue weighted by Crippen LogP contribution is 2.17. The number of nitrogens with one attached hydrogen (secondary N) is 1. The lowest BCUT2D eigenvalue weighted by atomic mass is 10.1. The Morgan fingerprint density at radius 3 is 2.86 bits per heavy atom. The van der Waals surface area contributed by atoms with Gasteiger partial charge in [-0.3, -0.25) is 4.79 Å². The van der Waals surface area contributed by atoms with Gasteiger partial charge in [-0.05, 0) is 23.3 Å². The zero-order valence-electron chi connectivity index (χ0n) is 12.0. The first kappa shape index (κ1) is 14.3. The molecular weight excluding hydrogens is 278 g/mol. The van der Waals surface area contributed by atoms with Crippen LogP contribution in [0.2, 0.25) is 0 Å². The third kappa shape index (κ3) is 3.15. The first-order valence-corrected chi connectivity index (χ1v) is 7.11. The zero-order valence-corrected chi connectivity index (χ0v) is 12.0. The molecular formula is C17H17N3O2. The van der Waals surface area contributed by atoms with Crippen molar-refractivity contribution in [3.63, 3.8) is 0 Å². The van der Waals surface area contributed by atoms with Crippen LogP contribution in [0.4, 0.5) is 0 Å². The molecule has 0 saturated carbocycles. The fraction of sp³-hybridized carbons (Fsp3) is 0.176. The minimum atomic E-state index is -0.692. The Bertz CT molecular complexity index is 768. The van der Waals surface area contributed by atoms with Gasteiger partial charge < -0.3 is 15.5 Å². The van der Waals surface area contributed by atoms with E-state index in [-0.39, 0.29) is 6.61 Å². The number of nitrogens with zero attached hydrogens (tertiary/aromatic N) is 1. The summed E-state index contributed by atoms with van der Waals surface area (Å²) < 4.78 is 5.26. The summed E-state index contributed by atoms with van der Waals surface area (Å²) in [5.74, 6) is -0.401. The SMILES string of the molecule is NC(Cc1c[nH]c2ncccc12)C(=O)OCc1ccccc1. The van der Waals surface area contributed by atoms with Crippen LogP contribution >= 0.6 is 0 Å². The van der Waals surface area contributed by atoms with Gasteiger partial charge in [-0.1, -0.05) is 30.3 Å². The molecule has 0 aliphatic rings. The maximum Gasteiger partial charge on any atom is 0.323 e. The fourth-order valence-corrected chi connectivity index (χ4v) is 2.34. The molecule has 0 aliphatic heterocycles. The summed E-state index contributed by atoms with van der Waals surface area (Å²) in [4.78, 5) is 19.3. The van der Waals surface area contributed by atoms with E-state index in [4.69, 9.17) is 10.5 Å². The smallest absolute Gasteiger partial charge is 0.323 e. The zero-order chi connectivity index (χ0) is 15.4. The topological polar surface area (TPSA) is 81.0 Å². The van der Waals surface area contributed by atoms with E-state index in [9.17, 15) is 4.79 Å². The average molecular weight is 295 g/mol. The molecule has 2 aromatic heterocycles. The van der Waals surface area contributed by atoms with Crippen molar-refractivity contribution >= 4 is 17.0 Å². The summed E-state index contributed by atoms with van der Waals surface area (Å²) in [5.41, 5.74) is 8.66. The van der Waals surface area contributed by atoms with Crippen molar-refractivity contribution in [3.05, 3.63) is 66.0 Å². The highest BCUT2D eigenvalue weighted by atomic mass is 16.5. The molecule has 0 spiro atoms. The molecule has 0 saturated heterocycles. The van der Waals surface area contributed by atoms with Gasteiger partial charge in [0.2, 0.25) is 0 Å². The summed E-state index contributed by atoms with van der Waals surface area (Å²) in [6, 6.07) is 12.7. The Morgan fingerprint density at radius 2 is 2.05 bits per heavy atom. The number of aromatic nitrogens is 2. The van der Waals surface area contributed by atoms with Crippen LogP contribution < -0.4 is 5.73 Å². The summed E-state index contributed by atoms with van der Waals surface area (Å²) in [6.45, 7) is 0.239. The molecule has 22 heavy (non-hydrogen) atoms. The van der Waals surface area contributed by atoms with Crippen LogP contribution in [0.25, 0.3) is 11.0 Å². The molecule has 3 aromatic rings. The summed E-state index contributed by atoms with van der Waals surface area (Å²) in [6.07, 6.45) is 3.97. The predicted molar refractivity (Wildman–Crippen MR) is 84.0 cm³/mol. The van der Waals surface area contributed by atoms with Gasteiger partial charge in [0.15, 0.2) is 0 Å². The molecule has 0 fully saturated rings. The second-order valence-electron chi connectivity index (χ2n) is 5.12. The van der Waals surface area contributed by atoms with Gasteiger partial charge in [0.05, 0.1) is 0 Å². The first-order valence-electron chi connectivity index (χ1n) is 7.11. The quantitative estimate of drug-likeness (QED) is 0.707. The number of benzene rings is 1. The van der Waals surface area contributed by atoms with Crippen molar-refractivity contribution in [1.29, 1.82) is 0 Å². The Labute approximate surface area is 128 Å². The van der Waals surface area contributed by atoms with E-state index < -0.39 is 12.0 Å².